The van der Waals surface area contributed by atoms with E-state index in [2.05, 4.69) is 17.1 Å². The average molecular weight is 448 g/mol. The topological polar surface area (TPSA) is 80.8 Å². The molecule has 4 rings (SSSR count). The highest BCUT2D eigenvalue weighted by atomic mass is 16.5. The Bertz CT molecular complexity index is 1180. The highest BCUT2D eigenvalue weighted by Gasteiger charge is 2.29. The smallest absolute Gasteiger partial charge is 0.340 e. The van der Waals surface area contributed by atoms with Crippen molar-refractivity contribution in [2.24, 2.45) is 0 Å². The van der Waals surface area contributed by atoms with Crippen LogP contribution >= 0.6 is 0 Å². The Kier molecular flexibility index (Phi) is 6.89. The van der Waals surface area contributed by atoms with Crippen LogP contribution in [0.25, 0.3) is 10.9 Å². The third-order valence-corrected chi connectivity index (χ3v) is 6.03. The van der Waals surface area contributed by atoms with E-state index in [0.717, 1.165) is 41.7 Å². The number of nitrogens with zero attached hydrogens (tertiary/aromatic N) is 2. The van der Waals surface area contributed by atoms with E-state index in [4.69, 9.17) is 14.5 Å². The molecule has 172 valence electrons. The minimum absolute atomic E-state index is 0.355. The molecule has 7 heteroatoms. The van der Waals surface area contributed by atoms with Crippen molar-refractivity contribution >= 4 is 28.5 Å². The summed E-state index contributed by atoms with van der Waals surface area (Å²) in [7, 11) is 1.57. The molecule has 1 aliphatic rings. The standard InChI is InChI=1S/C26H29N3O4/c1-4-23(25(30)27-17-9-8-10-18(15-17)32-3)33-26(31)24-19-11-6-7-12-21(19)28-22-13-14-29(5-2)16-20(22)24/h6-12,15,23H,4-5,13-14,16H2,1-3H3,(H,27,30). The molecule has 1 unspecified atom stereocenters. The van der Waals surface area contributed by atoms with Crippen LogP contribution < -0.4 is 10.1 Å². The second-order valence-corrected chi connectivity index (χ2v) is 8.07. The molecular weight excluding hydrogens is 418 g/mol. The van der Waals surface area contributed by atoms with Gasteiger partial charge in [-0.15, -0.1) is 0 Å². The largest absolute Gasteiger partial charge is 0.497 e. The van der Waals surface area contributed by atoms with Crippen LogP contribution in [0, 0.1) is 0 Å². The third-order valence-electron chi connectivity index (χ3n) is 6.03. The van der Waals surface area contributed by atoms with Crippen LogP contribution in [-0.2, 0) is 22.5 Å². The highest BCUT2D eigenvalue weighted by Crippen LogP contribution is 2.29. The zero-order chi connectivity index (χ0) is 23.4. The van der Waals surface area contributed by atoms with Gasteiger partial charge in [0.05, 0.1) is 18.2 Å². The van der Waals surface area contributed by atoms with Gasteiger partial charge in [-0.2, -0.15) is 0 Å². The number of para-hydroxylation sites is 1. The van der Waals surface area contributed by atoms with E-state index in [1.54, 1.807) is 31.4 Å². The fraction of sp³-hybridized carbons (Fsp3) is 0.346. The number of pyridine rings is 1. The number of benzene rings is 2. The van der Waals surface area contributed by atoms with E-state index >= 15 is 0 Å². The number of methoxy groups -OCH3 is 1. The molecule has 0 saturated heterocycles. The Balaban J connectivity index is 1.62. The molecule has 33 heavy (non-hydrogen) atoms. The fourth-order valence-corrected chi connectivity index (χ4v) is 4.18. The quantitative estimate of drug-likeness (QED) is 0.547. The molecule has 1 amide bonds. The Labute approximate surface area is 193 Å². The summed E-state index contributed by atoms with van der Waals surface area (Å²) in [5.41, 5.74) is 3.69. The lowest BCUT2D eigenvalue weighted by Gasteiger charge is -2.29. The molecule has 1 atom stereocenters. The van der Waals surface area contributed by atoms with Crippen LogP contribution in [0.15, 0.2) is 48.5 Å². The zero-order valence-electron chi connectivity index (χ0n) is 19.3. The summed E-state index contributed by atoms with van der Waals surface area (Å²) in [6.45, 7) is 6.36. The van der Waals surface area contributed by atoms with Crippen molar-refractivity contribution in [2.75, 3.05) is 25.5 Å². The summed E-state index contributed by atoms with van der Waals surface area (Å²) in [5, 5.41) is 3.58. The second-order valence-electron chi connectivity index (χ2n) is 8.07. The first kappa shape index (κ1) is 22.7. The number of carbonyl (C=O) groups is 2. The van der Waals surface area contributed by atoms with Crippen molar-refractivity contribution in [1.29, 1.82) is 0 Å². The van der Waals surface area contributed by atoms with E-state index in [0.29, 0.717) is 30.0 Å². The van der Waals surface area contributed by atoms with Gasteiger partial charge in [0.15, 0.2) is 6.10 Å². The molecule has 2 aromatic carbocycles. The molecule has 2 heterocycles. The maximum atomic E-state index is 13.5. The number of anilines is 1. The predicted molar refractivity (Wildman–Crippen MR) is 128 cm³/mol. The van der Waals surface area contributed by atoms with Crippen molar-refractivity contribution in [3.63, 3.8) is 0 Å². The third kappa shape index (κ3) is 4.83. The Morgan fingerprint density at radius 2 is 1.97 bits per heavy atom. The number of esters is 1. The maximum Gasteiger partial charge on any atom is 0.340 e. The number of hydrogen-bond donors (Lipinski definition) is 1. The van der Waals surface area contributed by atoms with Crippen molar-refractivity contribution in [3.8, 4) is 5.75 Å². The minimum atomic E-state index is -0.919. The van der Waals surface area contributed by atoms with Crippen LogP contribution in [0.4, 0.5) is 5.69 Å². The van der Waals surface area contributed by atoms with Gasteiger partial charge in [0.2, 0.25) is 0 Å². The number of hydrogen-bond acceptors (Lipinski definition) is 6. The lowest BCUT2D eigenvalue weighted by Crippen LogP contribution is -2.35. The van der Waals surface area contributed by atoms with Crippen LogP contribution in [0.3, 0.4) is 0 Å². The first-order valence-electron chi connectivity index (χ1n) is 11.3. The molecule has 7 nitrogen and oxygen atoms in total. The number of rotatable bonds is 7. The number of carbonyl (C=O) groups excluding carboxylic acids is 2. The summed E-state index contributed by atoms with van der Waals surface area (Å²) in [4.78, 5) is 33.5. The van der Waals surface area contributed by atoms with E-state index in [1.165, 1.54) is 0 Å². The van der Waals surface area contributed by atoms with E-state index < -0.39 is 12.1 Å². The Morgan fingerprint density at radius 3 is 2.73 bits per heavy atom. The van der Waals surface area contributed by atoms with Gasteiger partial charge in [0.25, 0.3) is 5.91 Å². The van der Waals surface area contributed by atoms with Crippen molar-refractivity contribution in [3.05, 3.63) is 65.4 Å². The van der Waals surface area contributed by atoms with Gasteiger partial charge in [-0.1, -0.05) is 38.1 Å². The van der Waals surface area contributed by atoms with Gasteiger partial charge in [-0.25, -0.2) is 4.79 Å². The summed E-state index contributed by atoms with van der Waals surface area (Å²) in [6, 6.07) is 14.7. The molecule has 0 fully saturated rings. The van der Waals surface area contributed by atoms with E-state index in [1.807, 2.05) is 31.2 Å². The monoisotopic (exact) mass is 447 g/mol. The lowest BCUT2D eigenvalue weighted by molar-refractivity contribution is -0.124. The molecule has 0 aliphatic carbocycles. The average Bonchev–Trinajstić information content (AvgIpc) is 2.85. The van der Waals surface area contributed by atoms with Gasteiger partial charge in [0.1, 0.15) is 5.75 Å². The van der Waals surface area contributed by atoms with E-state index in [-0.39, 0.29) is 5.91 Å². The number of nitrogens with one attached hydrogen (secondary N) is 1. The predicted octanol–water partition coefficient (Wildman–Crippen LogP) is 4.20. The van der Waals surface area contributed by atoms with Gasteiger partial charge < -0.3 is 14.8 Å². The first-order chi connectivity index (χ1) is 16.0. The highest BCUT2D eigenvalue weighted by molar-refractivity contribution is 6.06. The van der Waals surface area contributed by atoms with Crippen LogP contribution in [-0.4, -0.2) is 48.1 Å². The van der Waals surface area contributed by atoms with Gasteiger partial charge in [-0.05, 0) is 31.2 Å². The fourth-order valence-electron chi connectivity index (χ4n) is 4.18. The molecular formula is C26H29N3O4. The van der Waals surface area contributed by atoms with Crippen molar-refractivity contribution in [2.45, 2.75) is 39.3 Å². The normalized spacial score (nSPS) is 14.4. The molecule has 1 aliphatic heterocycles. The molecule has 0 spiro atoms. The molecule has 1 aromatic heterocycles. The maximum absolute atomic E-state index is 13.5. The summed E-state index contributed by atoms with van der Waals surface area (Å²) in [5.74, 6) is -0.231. The number of ether oxygens (including phenoxy) is 2. The molecule has 0 saturated carbocycles. The number of aromatic nitrogens is 1. The summed E-state index contributed by atoms with van der Waals surface area (Å²) in [6.07, 6.45) is 0.215. The van der Waals surface area contributed by atoms with Crippen LogP contribution in [0.5, 0.6) is 5.75 Å². The van der Waals surface area contributed by atoms with E-state index in [9.17, 15) is 9.59 Å². The second kappa shape index (κ2) is 10.0. The molecule has 3 aromatic rings. The molecule has 0 bridgehead atoms. The minimum Gasteiger partial charge on any atom is -0.497 e. The number of fused-ring (bicyclic) bond motifs is 2. The number of likely N-dealkylation sites (N-methyl/N-ethyl adjacent to an activating group) is 1. The summed E-state index contributed by atoms with van der Waals surface area (Å²) >= 11 is 0. The van der Waals surface area contributed by atoms with Crippen molar-refractivity contribution in [1.82, 2.24) is 9.88 Å². The van der Waals surface area contributed by atoms with Gasteiger partial charge >= 0.3 is 5.97 Å². The molecule has 1 N–H and O–H groups in total. The Hall–Kier alpha value is -3.45. The van der Waals surface area contributed by atoms with Crippen LogP contribution in [0.1, 0.15) is 41.9 Å². The van der Waals surface area contributed by atoms with Crippen molar-refractivity contribution < 1.29 is 19.1 Å². The number of amides is 1. The van der Waals surface area contributed by atoms with Crippen LogP contribution in [0.2, 0.25) is 0 Å². The summed E-state index contributed by atoms with van der Waals surface area (Å²) < 4.78 is 11.0. The lowest BCUT2D eigenvalue weighted by atomic mass is 9.95. The van der Waals surface area contributed by atoms with Gasteiger partial charge in [-0.3, -0.25) is 14.7 Å². The zero-order valence-corrected chi connectivity index (χ0v) is 19.3. The first-order valence-corrected chi connectivity index (χ1v) is 11.3. The van der Waals surface area contributed by atoms with Gasteiger partial charge in [0, 0.05) is 47.9 Å². The SMILES string of the molecule is CCC(OC(=O)c1c2c(nc3ccccc13)CCN(CC)C2)C(=O)Nc1cccc(OC)c1. The Morgan fingerprint density at radius 1 is 1.15 bits per heavy atom. The molecule has 0 radical (unpaired) electrons.